The molecule has 6 aliphatic carbocycles. The Balaban J connectivity index is 0.000000214. The molecule has 8 atom stereocenters. The van der Waals surface area contributed by atoms with Crippen LogP contribution in [0, 0.1) is 11.8 Å². The summed E-state index contributed by atoms with van der Waals surface area (Å²) in [5.74, 6) is -3.28. The van der Waals surface area contributed by atoms with Crippen LogP contribution in [0.4, 0.5) is 4.79 Å². The Kier molecular flexibility index (Phi) is 17.8. The molecule has 5 amide bonds. The summed E-state index contributed by atoms with van der Waals surface area (Å²) in [4.78, 5) is 79.4. The lowest BCUT2D eigenvalue weighted by Crippen LogP contribution is -2.56. The zero-order valence-corrected chi connectivity index (χ0v) is 47.9. The zero-order chi connectivity index (χ0) is 57.2. The number of amides is 5. The van der Waals surface area contributed by atoms with Gasteiger partial charge in [0.25, 0.3) is 11.8 Å². The molecule has 2 saturated heterocycles. The summed E-state index contributed by atoms with van der Waals surface area (Å²) < 4.78 is 59.5. The average Bonchev–Trinajstić information content (AvgIpc) is 2.01. The van der Waals surface area contributed by atoms with Gasteiger partial charge < -0.3 is 30.4 Å². The number of benzene rings is 4. The van der Waals surface area contributed by atoms with E-state index in [4.69, 9.17) is 14.4 Å². The molecular formula is C61H73ClN8O12S2. The largest absolute Gasteiger partial charge is 0.444 e. The molecule has 4 saturated carbocycles. The number of rotatable bonds is 16. The Labute approximate surface area is 497 Å². The van der Waals surface area contributed by atoms with E-state index in [0.29, 0.717) is 50.8 Å². The van der Waals surface area contributed by atoms with Crippen LogP contribution in [-0.4, -0.2) is 127 Å². The van der Waals surface area contributed by atoms with Gasteiger partial charge in [0, 0.05) is 53.5 Å². The van der Waals surface area contributed by atoms with Gasteiger partial charge in [-0.25, -0.2) is 21.6 Å². The fraction of sp³-hybridized carbons (Fsp3) is 0.426. The Bertz CT molecular complexity index is 3490. The molecule has 0 spiro atoms. The summed E-state index contributed by atoms with van der Waals surface area (Å²) in [6.07, 6.45) is 4.41. The van der Waals surface area contributed by atoms with E-state index in [1.165, 1.54) is 11.0 Å². The van der Waals surface area contributed by atoms with Crippen LogP contribution in [0.3, 0.4) is 0 Å². The van der Waals surface area contributed by atoms with Crippen molar-refractivity contribution in [2.75, 3.05) is 13.1 Å². The normalized spacial score (nSPS) is 25.4. The first kappa shape index (κ1) is 62.6. The molecule has 0 unspecified atom stereocenters. The zero-order valence-electron chi connectivity index (χ0n) is 45.5. The van der Waals surface area contributed by atoms with E-state index in [1.54, 1.807) is 26.8 Å². The van der Waals surface area contributed by atoms with Gasteiger partial charge in [0.2, 0.25) is 31.9 Å². The van der Waals surface area contributed by atoms with Crippen LogP contribution in [0.15, 0.2) is 133 Å². The van der Waals surface area contributed by atoms with E-state index in [2.05, 4.69) is 61.0 Å². The molecule has 4 aromatic carbocycles. The summed E-state index contributed by atoms with van der Waals surface area (Å²) in [5.41, 5.74) is 5.97. The van der Waals surface area contributed by atoms with Gasteiger partial charge >= 0.3 is 6.09 Å². The highest BCUT2D eigenvalue weighted by molar-refractivity contribution is 7.91. The van der Waals surface area contributed by atoms with Gasteiger partial charge in [0.15, 0.2) is 0 Å². The van der Waals surface area contributed by atoms with Gasteiger partial charge in [-0.3, -0.25) is 33.5 Å². The number of hydrogen-bond acceptors (Lipinski definition) is 15. The van der Waals surface area contributed by atoms with Crippen LogP contribution in [-0.2, 0) is 53.6 Å². The third-order valence-corrected chi connectivity index (χ3v) is 19.6. The lowest BCUT2D eigenvalue weighted by molar-refractivity contribution is -0.131. The smallest absolute Gasteiger partial charge is 0.411 e. The second-order valence-electron chi connectivity index (χ2n) is 23.0. The van der Waals surface area contributed by atoms with Crippen molar-refractivity contribution in [3.8, 4) is 22.3 Å². The van der Waals surface area contributed by atoms with Crippen molar-refractivity contribution in [1.29, 1.82) is 0 Å². The number of likely N-dealkylation sites (tertiary alicyclic amines) is 1. The van der Waals surface area contributed by atoms with E-state index in [9.17, 15) is 40.8 Å². The molecule has 6 fully saturated rings. The predicted molar refractivity (Wildman–Crippen MR) is 322 cm³/mol. The van der Waals surface area contributed by atoms with E-state index >= 15 is 0 Å². The van der Waals surface area contributed by atoms with E-state index in [-0.39, 0.29) is 64.6 Å². The number of oxime groups is 2. The van der Waals surface area contributed by atoms with Gasteiger partial charge in [-0.05, 0) is 81.5 Å². The Morgan fingerprint density at radius 2 is 0.988 bits per heavy atom. The number of nitrogens with zero attached hydrogens (tertiary/aromatic N) is 3. The van der Waals surface area contributed by atoms with Gasteiger partial charge in [-0.15, -0.1) is 25.6 Å². The molecule has 0 radical (unpaired) electrons. The minimum absolute atomic E-state index is 0. The van der Waals surface area contributed by atoms with Gasteiger partial charge in [-0.1, -0.05) is 134 Å². The molecular weight excluding hydrogens is 1140 g/mol. The molecule has 20 nitrogen and oxygen atoms in total. The fourth-order valence-corrected chi connectivity index (χ4v) is 13.8. The standard InChI is InChI=1S/C32H36N4O7S.C27H28N4O5S.2CH4.ClH/c1-5-19-17-32(19,29(38)35-44(40,41)21-14-15-21)33-28(37)26-16-20(18-36(26)30(39)42-31(2,3)4)43-34-27-24-12-8-6-10-22(24)23-11-7-9-13-25(23)27;1-2-16-14-27(16,26(33)31-37(34,35)18-11-12-18)29-25(32)23-13-17(15-28-23)36-30-24-21-9-5-3-7-19(21)20-8-4-6-10-22(20)24;;;/h5-13,19-21,26H,1,14-18H2,2-4H3,(H,33,37)(H,35,38);2-10,16-18,23,28H,1,11-15H2,(H,29,32)(H,31,33);2*1H4;1H/t19-,20-,26+,32-;16-,17-,23+,27-;;;/m11.../s1. The van der Waals surface area contributed by atoms with Crippen LogP contribution >= 0.6 is 12.4 Å². The first-order valence-electron chi connectivity index (χ1n) is 27.3. The summed E-state index contributed by atoms with van der Waals surface area (Å²) in [7, 11) is -7.55. The molecule has 12 rings (SSSR count). The Morgan fingerprint density at radius 3 is 1.36 bits per heavy atom. The van der Waals surface area contributed by atoms with E-state index < -0.39 is 95.1 Å². The fourth-order valence-electron chi connectivity index (χ4n) is 11.1. The minimum Gasteiger partial charge on any atom is -0.444 e. The average molecular weight is 1210 g/mol. The molecule has 84 heavy (non-hydrogen) atoms. The van der Waals surface area contributed by atoms with Crippen molar-refractivity contribution in [1.82, 2.24) is 30.3 Å². The molecule has 448 valence electrons. The van der Waals surface area contributed by atoms with Gasteiger partial charge in [0.05, 0.1) is 23.1 Å². The van der Waals surface area contributed by atoms with Crippen molar-refractivity contribution in [3.05, 3.63) is 145 Å². The van der Waals surface area contributed by atoms with Crippen LogP contribution in [0.25, 0.3) is 22.3 Å². The monoisotopic (exact) mass is 1210 g/mol. The SMILES string of the molecule is C.C.C=C[C@@H]1C[C@]1(NC(=O)[C@@H]1C[C@@H](ON=C2c3ccccc3-c3ccccc32)CN1)C(=O)NS(=O)(=O)C1CC1.C=C[C@@H]1C[C@]1(NC(=O)[C@@H]1C[C@@H](ON=C2c3ccccc3-c3ccccc32)CN1C(=O)OC(C)(C)C)C(=O)NS(=O)(=O)C1CC1.Cl. The molecule has 8 aliphatic rings. The number of nitrogens with one attached hydrogen (secondary N) is 5. The topological polar surface area (TPSA) is 269 Å². The second-order valence-corrected chi connectivity index (χ2v) is 26.9. The highest BCUT2D eigenvalue weighted by Gasteiger charge is 2.63. The lowest BCUT2D eigenvalue weighted by atomic mass is 10.1. The molecule has 0 bridgehead atoms. The van der Waals surface area contributed by atoms with Crippen LogP contribution < -0.4 is 25.4 Å². The summed E-state index contributed by atoms with van der Waals surface area (Å²) in [6.45, 7) is 13.1. The first-order chi connectivity index (χ1) is 38.6. The quantitative estimate of drug-likeness (QED) is 0.0483. The van der Waals surface area contributed by atoms with Gasteiger partial charge in [-0.2, -0.15) is 0 Å². The minimum atomic E-state index is -3.83. The molecule has 2 aliphatic heterocycles. The van der Waals surface area contributed by atoms with Crippen molar-refractivity contribution in [3.63, 3.8) is 0 Å². The third-order valence-electron chi connectivity index (χ3n) is 16.0. The lowest BCUT2D eigenvalue weighted by Gasteiger charge is -2.29. The molecule has 0 aromatic heterocycles. The number of halogens is 1. The predicted octanol–water partition coefficient (Wildman–Crippen LogP) is 7.01. The Morgan fingerprint density at radius 1 is 0.607 bits per heavy atom. The maximum atomic E-state index is 13.8. The van der Waals surface area contributed by atoms with Crippen molar-refractivity contribution < 1.29 is 55.2 Å². The summed E-state index contributed by atoms with van der Waals surface area (Å²) in [5, 5.41) is 16.6. The van der Waals surface area contributed by atoms with Crippen LogP contribution in [0.5, 0.6) is 0 Å². The number of carbonyl (C=O) groups is 5. The molecule has 5 N–H and O–H groups in total. The van der Waals surface area contributed by atoms with E-state index in [0.717, 1.165) is 50.2 Å². The Hall–Kier alpha value is -7.40. The maximum Gasteiger partial charge on any atom is 0.411 e. The number of carbonyl (C=O) groups excluding carboxylic acids is 5. The molecule has 4 aromatic rings. The molecule has 23 heteroatoms. The highest BCUT2D eigenvalue weighted by atomic mass is 35.5. The molecule has 2 heterocycles. The maximum absolute atomic E-state index is 13.8. The number of sulfonamides is 2. The van der Waals surface area contributed by atoms with Crippen LogP contribution in [0.1, 0.15) is 109 Å². The summed E-state index contributed by atoms with van der Waals surface area (Å²) >= 11 is 0. The first-order valence-corrected chi connectivity index (χ1v) is 30.3. The number of ether oxygens (including phenoxy) is 1. The highest BCUT2D eigenvalue weighted by Crippen LogP contribution is 2.47. The third kappa shape index (κ3) is 12.4. The van der Waals surface area contributed by atoms with Crippen LogP contribution in [0.2, 0.25) is 0 Å². The van der Waals surface area contributed by atoms with Crippen molar-refractivity contribution in [2.45, 2.75) is 138 Å². The summed E-state index contributed by atoms with van der Waals surface area (Å²) in [6, 6.07) is 30.2. The van der Waals surface area contributed by atoms with E-state index in [1.807, 2.05) is 84.9 Å². The number of hydrogen-bond donors (Lipinski definition) is 5. The second kappa shape index (κ2) is 23.9. The number of fused-ring (bicyclic) bond motifs is 6. The van der Waals surface area contributed by atoms with Crippen molar-refractivity contribution >= 4 is 73.6 Å². The van der Waals surface area contributed by atoms with Crippen molar-refractivity contribution in [2.24, 2.45) is 22.1 Å². The van der Waals surface area contributed by atoms with Gasteiger partial charge in [0.1, 0.15) is 46.4 Å².